The van der Waals surface area contributed by atoms with Crippen LogP contribution in [0.1, 0.15) is 18.1 Å². The number of benzene rings is 1. The Kier molecular flexibility index (Phi) is 6.60. The van der Waals surface area contributed by atoms with Gasteiger partial charge in [0.05, 0.1) is 6.42 Å². The minimum absolute atomic E-state index is 0.0459. The highest BCUT2D eigenvalue weighted by molar-refractivity contribution is 5.88. The third-order valence-electron chi connectivity index (χ3n) is 4.77. The molecular formula is C21H27N5O2. The Morgan fingerprint density at radius 3 is 2.29 bits per heavy atom. The van der Waals surface area contributed by atoms with E-state index in [0.29, 0.717) is 13.0 Å². The van der Waals surface area contributed by atoms with E-state index in [1.54, 1.807) is 12.1 Å². The van der Waals surface area contributed by atoms with Crippen LogP contribution in [0.4, 0.5) is 11.5 Å². The molecular weight excluding hydrogens is 354 g/mol. The zero-order valence-corrected chi connectivity index (χ0v) is 16.4. The average Bonchev–Trinajstić information content (AvgIpc) is 2.69. The third kappa shape index (κ3) is 5.79. The maximum atomic E-state index is 12.2. The summed E-state index contributed by atoms with van der Waals surface area (Å²) in [6, 6.07) is 11.3. The van der Waals surface area contributed by atoms with Crippen LogP contribution in [0.25, 0.3) is 0 Å². The number of pyridine rings is 1. The molecule has 1 saturated heterocycles. The summed E-state index contributed by atoms with van der Waals surface area (Å²) in [5.41, 5.74) is 2.60. The van der Waals surface area contributed by atoms with Crippen molar-refractivity contribution in [1.29, 1.82) is 0 Å². The molecule has 2 N–H and O–H groups in total. The second-order valence-corrected chi connectivity index (χ2v) is 7.15. The maximum absolute atomic E-state index is 12.2. The Labute approximate surface area is 165 Å². The third-order valence-corrected chi connectivity index (χ3v) is 4.77. The molecule has 1 aliphatic heterocycles. The van der Waals surface area contributed by atoms with E-state index >= 15 is 0 Å². The molecule has 7 nitrogen and oxygen atoms in total. The summed E-state index contributed by atoms with van der Waals surface area (Å²) in [5.74, 6) is 0.829. The van der Waals surface area contributed by atoms with Gasteiger partial charge < -0.3 is 20.4 Å². The van der Waals surface area contributed by atoms with Gasteiger partial charge >= 0.3 is 0 Å². The lowest BCUT2D eigenvalue weighted by Gasteiger charge is -2.33. The van der Waals surface area contributed by atoms with E-state index in [1.165, 1.54) is 6.92 Å². The zero-order valence-electron chi connectivity index (χ0n) is 16.4. The van der Waals surface area contributed by atoms with Crippen LogP contribution in [0.5, 0.6) is 0 Å². The summed E-state index contributed by atoms with van der Waals surface area (Å²) >= 11 is 0. The van der Waals surface area contributed by atoms with Crippen molar-refractivity contribution in [1.82, 2.24) is 15.2 Å². The number of carbonyl (C=O) groups is 2. The van der Waals surface area contributed by atoms with Crippen LogP contribution >= 0.6 is 0 Å². The summed E-state index contributed by atoms with van der Waals surface area (Å²) in [7, 11) is 2.13. The van der Waals surface area contributed by atoms with Gasteiger partial charge in [0.15, 0.2) is 0 Å². The van der Waals surface area contributed by atoms with Crippen molar-refractivity contribution in [2.45, 2.75) is 19.9 Å². The molecule has 1 aromatic carbocycles. The van der Waals surface area contributed by atoms with Crippen LogP contribution in [0, 0.1) is 0 Å². The van der Waals surface area contributed by atoms with Gasteiger partial charge in [-0.1, -0.05) is 18.2 Å². The van der Waals surface area contributed by atoms with Crippen molar-refractivity contribution in [3.05, 3.63) is 53.7 Å². The molecule has 2 aromatic rings. The number of hydrogen-bond acceptors (Lipinski definition) is 5. The second-order valence-electron chi connectivity index (χ2n) is 7.15. The molecule has 0 radical (unpaired) electrons. The number of likely N-dealkylation sites (N-methyl/N-ethyl adjacent to an activating group) is 1. The van der Waals surface area contributed by atoms with Gasteiger partial charge in [0.25, 0.3) is 0 Å². The van der Waals surface area contributed by atoms with Crippen molar-refractivity contribution >= 4 is 23.3 Å². The molecule has 1 fully saturated rings. The van der Waals surface area contributed by atoms with E-state index in [9.17, 15) is 9.59 Å². The van der Waals surface area contributed by atoms with Gasteiger partial charge in [-0.15, -0.1) is 0 Å². The van der Waals surface area contributed by atoms with Crippen LogP contribution in [-0.2, 0) is 22.6 Å². The van der Waals surface area contributed by atoms with Crippen molar-refractivity contribution in [3.63, 3.8) is 0 Å². The highest BCUT2D eigenvalue weighted by atomic mass is 16.2. The number of hydrogen-bond donors (Lipinski definition) is 2. The molecule has 3 rings (SSSR count). The van der Waals surface area contributed by atoms with Crippen LogP contribution in [-0.4, -0.2) is 54.9 Å². The quantitative estimate of drug-likeness (QED) is 0.796. The molecule has 0 saturated carbocycles. The van der Waals surface area contributed by atoms with Crippen molar-refractivity contribution in [3.8, 4) is 0 Å². The summed E-state index contributed by atoms with van der Waals surface area (Å²) in [5, 5.41) is 5.64. The first-order valence-corrected chi connectivity index (χ1v) is 9.51. The lowest BCUT2D eigenvalue weighted by molar-refractivity contribution is -0.120. The number of nitrogens with zero attached hydrogens (tertiary/aromatic N) is 3. The van der Waals surface area contributed by atoms with Crippen molar-refractivity contribution in [2.75, 3.05) is 43.4 Å². The lowest BCUT2D eigenvalue weighted by Crippen LogP contribution is -2.44. The molecule has 2 heterocycles. The number of nitrogens with one attached hydrogen (secondary N) is 2. The lowest BCUT2D eigenvalue weighted by atomic mass is 10.1. The first kappa shape index (κ1) is 19.8. The maximum Gasteiger partial charge on any atom is 0.224 e. The van der Waals surface area contributed by atoms with Crippen LogP contribution in [0.2, 0.25) is 0 Å². The average molecular weight is 381 g/mol. The van der Waals surface area contributed by atoms with Gasteiger partial charge in [0.2, 0.25) is 11.8 Å². The molecule has 7 heteroatoms. The highest BCUT2D eigenvalue weighted by Crippen LogP contribution is 2.14. The molecule has 28 heavy (non-hydrogen) atoms. The molecule has 1 aromatic heterocycles. The number of anilines is 2. The van der Waals surface area contributed by atoms with E-state index < -0.39 is 0 Å². The smallest absolute Gasteiger partial charge is 0.224 e. The molecule has 0 unspecified atom stereocenters. The fourth-order valence-electron chi connectivity index (χ4n) is 3.10. The molecule has 148 valence electrons. The number of carbonyl (C=O) groups excluding carboxylic acids is 2. The van der Waals surface area contributed by atoms with Gasteiger partial charge in [-0.3, -0.25) is 9.59 Å². The van der Waals surface area contributed by atoms with Crippen molar-refractivity contribution in [2.24, 2.45) is 0 Å². The number of rotatable bonds is 6. The van der Waals surface area contributed by atoms with Crippen LogP contribution in [0.15, 0.2) is 42.6 Å². The van der Waals surface area contributed by atoms with Gasteiger partial charge in [-0.25, -0.2) is 4.98 Å². The highest BCUT2D eigenvalue weighted by Gasteiger charge is 2.15. The Bertz CT molecular complexity index is 797. The van der Waals surface area contributed by atoms with Gasteiger partial charge in [0, 0.05) is 51.5 Å². The predicted octanol–water partition coefficient (Wildman–Crippen LogP) is 1.65. The van der Waals surface area contributed by atoms with E-state index in [-0.39, 0.29) is 11.8 Å². The molecule has 2 amide bonds. The Morgan fingerprint density at radius 1 is 1.00 bits per heavy atom. The number of piperazine rings is 1. The van der Waals surface area contributed by atoms with E-state index in [2.05, 4.69) is 32.5 Å². The fraction of sp³-hybridized carbons (Fsp3) is 0.381. The Hall–Kier alpha value is -2.93. The molecule has 1 aliphatic rings. The molecule has 0 bridgehead atoms. The van der Waals surface area contributed by atoms with Gasteiger partial charge in [0.1, 0.15) is 5.82 Å². The van der Waals surface area contributed by atoms with Gasteiger partial charge in [-0.2, -0.15) is 0 Å². The second kappa shape index (κ2) is 9.32. The standard InChI is InChI=1S/C21H27N5O2/c1-16(27)24-19-6-3-17(4-7-19)13-21(28)23-15-18-5-8-20(22-14-18)26-11-9-25(2)10-12-26/h3-8,14H,9-13,15H2,1-2H3,(H,23,28)(H,24,27). The topological polar surface area (TPSA) is 77.6 Å². The van der Waals surface area contributed by atoms with Crippen LogP contribution < -0.4 is 15.5 Å². The molecule has 0 spiro atoms. The fourth-order valence-corrected chi connectivity index (χ4v) is 3.10. The minimum atomic E-state index is -0.113. The molecule has 0 atom stereocenters. The SMILES string of the molecule is CC(=O)Nc1ccc(CC(=O)NCc2ccc(N3CCN(C)CC3)nc2)cc1. The van der Waals surface area contributed by atoms with Gasteiger partial charge in [-0.05, 0) is 36.4 Å². The van der Waals surface area contributed by atoms with Crippen molar-refractivity contribution < 1.29 is 9.59 Å². The first-order valence-electron chi connectivity index (χ1n) is 9.51. The van der Waals surface area contributed by atoms with E-state index in [4.69, 9.17) is 0 Å². The first-order chi connectivity index (χ1) is 13.5. The van der Waals surface area contributed by atoms with E-state index in [1.807, 2.05) is 30.5 Å². The summed E-state index contributed by atoms with van der Waals surface area (Å²) < 4.78 is 0. The summed E-state index contributed by atoms with van der Waals surface area (Å²) in [4.78, 5) is 32.4. The molecule has 0 aliphatic carbocycles. The van der Waals surface area contributed by atoms with Crippen LogP contribution in [0.3, 0.4) is 0 Å². The summed E-state index contributed by atoms with van der Waals surface area (Å²) in [6.07, 6.45) is 2.13. The monoisotopic (exact) mass is 381 g/mol. The zero-order chi connectivity index (χ0) is 19.9. The number of amides is 2. The van der Waals surface area contributed by atoms with E-state index in [0.717, 1.165) is 48.8 Å². The normalized spacial score (nSPS) is 14.6. The number of aromatic nitrogens is 1. The Morgan fingerprint density at radius 2 is 1.68 bits per heavy atom. The summed E-state index contributed by atoms with van der Waals surface area (Å²) in [6.45, 7) is 5.99. The largest absolute Gasteiger partial charge is 0.354 e. The minimum Gasteiger partial charge on any atom is -0.354 e. The predicted molar refractivity (Wildman–Crippen MR) is 110 cm³/mol. The Balaban J connectivity index is 1.46.